The Morgan fingerprint density at radius 3 is 2.44 bits per heavy atom. The zero-order valence-corrected chi connectivity index (χ0v) is 18.6. The molecule has 0 radical (unpaired) electrons. The van der Waals surface area contributed by atoms with Gasteiger partial charge < -0.3 is 14.4 Å². The summed E-state index contributed by atoms with van der Waals surface area (Å²) in [4.78, 5) is 28.7. The zero-order valence-electron chi connectivity index (χ0n) is 17.8. The van der Waals surface area contributed by atoms with Crippen LogP contribution in [0.3, 0.4) is 0 Å². The number of amides is 1. The molecule has 1 saturated heterocycles. The van der Waals surface area contributed by atoms with Crippen molar-refractivity contribution in [2.24, 2.45) is 5.92 Å². The molecular weight excluding hydrogens is 422 g/mol. The van der Waals surface area contributed by atoms with E-state index in [2.05, 4.69) is 30.3 Å². The quantitative estimate of drug-likeness (QED) is 0.414. The number of ketones is 1. The van der Waals surface area contributed by atoms with Gasteiger partial charge in [0.05, 0.1) is 5.75 Å². The summed E-state index contributed by atoms with van der Waals surface area (Å²) < 4.78 is 11.1. The van der Waals surface area contributed by atoms with E-state index in [1.54, 1.807) is 17.8 Å². The SMILES string of the molecule is O=C(c1ccc2c(c1)OCCO2)C1CCN(C(=O)CSc2ccc3ccccc3c2)CC1. The van der Waals surface area contributed by atoms with Crippen LogP contribution in [0.2, 0.25) is 0 Å². The van der Waals surface area contributed by atoms with Crippen molar-refractivity contribution in [1.82, 2.24) is 4.90 Å². The van der Waals surface area contributed by atoms with E-state index in [0.717, 1.165) is 4.90 Å². The van der Waals surface area contributed by atoms with Crippen molar-refractivity contribution < 1.29 is 19.1 Å². The van der Waals surface area contributed by atoms with E-state index in [-0.39, 0.29) is 17.6 Å². The number of rotatable bonds is 5. The highest BCUT2D eigenvalue weighted by Crippen LogP contribution is 2.33. The maximum absolute atomic E-state index is 13.0. The fourth-order valence-electron chi connectivity index (χ4n) is 4.32. The first kappa shape index (κ1) is 20.9. The Kier molecular flexibility index (Phi) is 6.04. The van der Waals surface area contributed by atoms with Crippen molar-refractivity contribution in [3.8, 4) is 11.5 Å². The van der Waals surface area contributed by atoms with Crippen molar-refractivity contribution in [3.63, 3.8) is 0 Å². The third-order valence-corrected chi connectivity index (χ3v) is 7.11. The monoisotopic (exact) mass is 447 g/mol. The van der Waals surface area contributed by atoms with Gasteiger partial charge in [-0.05, 0) is 53.9 Å². The van der Waals surface area contributed by atoms with Gasteiger partial charge in [-0.15, -0.1) is 11.8 Å². The van der Waals surface area contributed by atoms with Crippen molar-refractivity contribution >= 4 is 34.2 Å². The number of hydrogen-bond acceptors (Lipinski definition) is 5. The average Bonchev–Trinajstić information content (AvgIpc) is 2.86. The predicted octanol–water partition coefficient (Wildman–Crippen LogP) is 4.82. The Balaban J connectivity index is 1.14. The van der Waals surface area contributed by atoms with E-state index in [0.29, 0.717) is 62.0 Å². The normalized spacial score (nSPS) is 16.2. The van der Waals surface area contributed by atoms with Crippen LogP contribution in [0, 0.1) is 5.92 Å². The molecule has 6 heteroatoms. The molecular formula is C26H25NO4S. The van der Waals surface area contributed by atoms with Gasteiger partial charge in [0.25, 0.3) is 0 Å². The largest absolute Gasteiger partial charge is 0.486 e. The van der Waals surface area contributed by atoms with E-state index in [9.17, 15) is 9.59 Å². The van der Waals surface area contributed by atoms with E-state index < -0.39 is 0 Å². The first-order valence-corrected chi connectivity index (χ1v) is 12.0. The second-order valence-corrected chi connectivity index (χ2v) is 9.22. The number of likely N-dealkylation sites (tertiary alicyclic amines) is 1. The zero-order chi connectivity index (χ0) is 21.9. The standard InChI is InChI=1S/C26H25NO4S/c28-25(17-32-22-7-5-18-3-1-2-4-20(18)15-22)27-11-9-19(10-12-27)26(29)21-6-8-23-24(16-21)31-14-13-30-23/h1-8,15-16,19H,9-14,17H2. The molecule has 0 aliphatic carbocycles. The van der Waals surface area contributed by atoms with Crippen LogP contribution < -0.4 is 9.47 Å². The van der Waals surface area contributed by atoms with Gasteiger partial charge >= 0.3 is 0 Å². The summed E-state index contributed by atoms with van der Waals surface area (Å²) in [6, 6.07) is 19.9. The summed E-state index contributed by atoms with van der Waals surface area (Å²) in [5.74, 6) is 1.94. The molecule has 0 aromatic heterocycles. The van der Waals surface area contributed by atoms with Gasteiger partial charge in [-0.3, -0.25) is 9.59 Å². The summed E-state index contributed by atoms with van der Waals surface area (Å²) in [7, 11) is 0. The summed E-state index contributed by atoms with van der Waals surface area (Å²) in [5.41, 5.74) is 0.658. The smallest absolute Gasteiger partial charge is 0.232 e. The lowest BCUT2D eigenvalue weighted by Gasteiger charge is -2.31. The Morgan fingerprint density at radius 1 is 0.875 bits per heavy atom. The van der Waals surface area contributed by atoms with Crippen molar-refractivity contribution in [3.05, 3.63) is 66.2 Å². The highest BCUT2D eigenvalue weighted by molar-refractivity contribution is 8.00. The number of ether oxygens (including phenoxy) is 2. The van der Waals surface area contributed by atoms with Gasteiger partial charge in [0.15, 0.2) is 17.3 Å². The Morgan fingerprint density at radius 2 is 1.62 bits per heavy atom. The number of nitrogens with zero attached hydrogens (tertiary/aromatic N) is 1. The van der Waals surface area contributed by atoms with Crippen molar-refractivity contribution in [1.29, 1.82) is 0 Å². The molecule has 3 aromatic rings. The van der Waals surface area contributed by atoms with E-state index in [4.69, 9.17) is 9.47 Å². The van der Waals surface area contributed by atoms with E-state index in [1.165, 1.54) is 10.8 Å². The van der Waals surface area contributed by atoms with Crippen LogP contribution >= 0.6 is 11.8 Å². The molecule has 2 aliphatic heterocycles. The summed E-state index contributed by atoms with van der Waals surface area (Å²) in [5, 5.41) is 2.39. The second kappa shape index (κ2) is 9.25. The number of piperidine rings is 1. The highest BCUT2D eigenvalue weighted by Gasteiger charge is 2.28. The van der Waals surface area contributed by atoms with Crippen LogP contribution in [0.1, 0.15) is 23.2 Å². The van der Waals surface area contributed by atoms with Crippen LogP contribution in [0.4, 0.5) is 0 Å². The lowest BCUT2D eigenvalue weighted by molar-refractivity contribution is -0.129. The summed E-state index contributed by atoms with van der Waals surface area (Å²) in [6.45, 7) is 2.28. The molecule has 3 aromatic carbocycles. The van der Waals surface area contributed by atoms with Gasteiger partial charge in [-0.1, -0.05) is 30.3 Å². The topological polar surface area (TPSA) is 55.8 Å². The fourth-order valence-corrected chi connectivity index (χ4v) is 5.16. The van der Waals surface area contributed by atoms with Crippen LogP contribution in [0.25, 0.3) is 10.8 Å². The Hall–Kier alpha value is -2.99. The minimum absolute atomic E-state index is 0.0604. The Labute approximate surface area is 191 Å². The molecule has 164 valence electrons. The molecule has 0 bridgehead atoms. The summed E-state index contributed by atoms with van der Waals surface area (Å²) in [6.07, 6.45) is 1.39. The third kappa shape index (κ3) is 4.46. The van der Waals surface area contributed by atoms with Gasteiger partial charge in [0, 0.05) is 29.5 Å². The third-order valence-electron chi connectivity index (χ3n) is 6.13. The van der Waals surface area contributed by atoms with Gasteiger partial charge in [-0.2, -0.15) is 0 Å². The molecule has 2 heterocycles. The fraction of sp³-hybridized carbons (Fsp3) is 0.308. The van der Waals surface area contributed by atoms with Gasteiger partial charge in [-0.25, -0.2) is 0 Å². The molecule has 1 amide bonds. The lowest BCUT2D eigenvalue weighted by atomic mass is 9.88. The number of Topliss-reactive ketones (excluding diaryl/α,β-unsaturated/α-hetero) is 1. The first-order chi connectivity index (χ1) is 15.7. The molecule has 0 N–H and O–H groups in total. The number of hydrogen-bond donors (Lipinski definition) is 0. The lowest BCUT2D eigenvalue weighted by Crippen LogP contribution is -2.41. The molecule has 0 spiro atoms. The highest BCUT2D eigenvalue weighted by atomic mass is 32.2. The predicted molar refractivity (Wildman–Crippen MR) is 126 cm³/mol. The maximum Gasteiger partial charge on any atom is 0.232 e. The van der Waals surface area contributed by atoms with Gasteiger partial charge in [0.2, 0.25) is 5.91 Å². The van der Waals surface area contributed by atoms with Gasteiger partial charge in [0.1, 0.15) is 13.2 Å². The molecule has 0 unspecified atom stereocenters. The molecule has 2 aliphatic rings. The van der Waals surface area contributed by atoms with Crippen molar-refractivity contribution in [2.75, 3.05) is 32.1 Å². The van der Waals surface area contributed by atoms with Crippen LogP contribution in [0.5, 0.6) is 11.5 Å². The van der Waals surface area contributed by atoms with E-state index in [1.807, 2.05) is 29.2 Å². The maximum atomic E-state index is 13.0. The summed E-state index contributed by atoms with van der Waals surface area (Å²) >= 11 is 1.57. The van der Waals surface area contributed by atoms with Crippen LogP contribution in [-0.2, 0) is 4.79 Å². The van der Waals surface area contributed by atoms with Crippen molar-refractivity contribution in [2.45, 2.75) is 17.7 Å². The molecule has 0 saturated carbocycles. The number of thioether (sulfide) groups is 1. The molecule has 1 fully saturated rings. The minimum Gasteiger partial charge on any atom is -0.486 e. The average molecular weight is 448 g/mol. The molecule has 5 rings (SSSR count). The minimum atomic E-state index is -0.0604. The molecule has 32 heavy (non-hydrogen) atoms. The molecule has 0 atom stereocenters. The Bertz CT molecular complexity index is 1150. The number of carbonyl (C=O) groups excluding carboxylic acids is 2. The number of fused-ring (bicyclic) bond motifs is 2. The molecule has 5 nitrogen and oxygen atoms in total. The number of carbonyl (C=O) groups is 2. The second-order valence-electron chi connectivity index (χ2n) is 8.18. The van der Waals surface area contributed by atoms with Crippen LogP contribution in [0.15, 0.2) is 65.6 Å². The van der Waals surface area contributed by atoms with Crippen LogP contribution in [-0.4, -0.2) is 48.6 Å². The van der Waals surface area contributed by atoms with E-state index >= 15 is 0 Å². The number of benzene rings is 3. The first-order valence-electron chi connectivity index (χ1n) is 11.0.